The normalized spacial score (nSPS) is 13.8. The van der Waals surface area contributed by atoms with Gasteiger partial charge in [0.15, 0.2) is 0 Å². The number of hydrogen-bond donors (Lipinski definition) is 0. The number of fused-ring (bicyclic) bond motifs is 2. The van der Waals surface area contributed by atoms with Crippen molar-refractivity contribution in [2.45, 2.75) is 49.8 Å². The average Bonchev–Trinajstić information content (AvgIpc) is 3.11. The monoisotopic (exact) mass is 646 g/mol. The Morgan fingerprint density at radius 3 is 2.16 bits per heavy atom. The van der Waals surface area contributed by atoms with Gasteiger partial charge in [0.05, 0.1) is 34.3 Å². The van der Waals surface area contributed by atoms with Gasteiger partial charge in [0, 0.05) is 12.1 Å². The second-order valence-corrected chi connectivity index (χ2v) is 12.6. The number of halogens is 6. The van der Waals surface area contributed by atoms with Gasteiger partial charge in [-0.1, -0.05) is 48.5 Å². The first kappa shape index (κ1) is 31.6. The van der Waals surface area contributed by atoms with Crippen LogP contribution >= 0.6 is 0 Å². The number of sulfonamides is 1. The molecule has 1 aliphatic heterocycles. The molecule has 5 rings (SSSR count). The molecular formula is C31H24F6N4O3S. The molecule has 0 unspecified atom stereocenters. The minimum atomic E-state index is -5.00. The van der Waals surface area contributed by atoms with Crippen LogP contribution in [0, 0.1) is 11.3 Å². The number of anilines is 3. The third-order valence-electron chi connectivity index (χ3n) is 7.15. The molecule has 0 saturated carbocycles. The van der Waals surface area contributed by atoms with E-state index in [2.05, 4.69) is 15.8 Å². The Labute approximate surface area is 255 Å². The van der Waals surface area contributed by atoms with E-state index < -0.39 is 50.9 Å². The van der Waals surface area contributed by atoms with Crippen molar-refractivity contribution in [3.05, 3.63) is 107 Å². The van der Waals surface area contributed by atoms with Gasteiger partial charge < -0.3 is 9.64 Å². The molecule has 0 spiro atoms. The largest absolute Gasteiger partial charge is 0.573 e. The highest BCUT2D eigenvalue weighted by atomic mass is 32.2. The maximum Gasteiger partial charge on any atom is 0.573 e. The number of pyridine rings is 1. The molecule has 7 nitrogen and oxygen atoms in total. The highest BCUT2D eigenvalue weighted by molar-refractivity contribution is 7.92. The highest BCUT2D eigenvalue weighted by Crippen LogP contribution is 2.48. The van der Waals surface area contributed by atoms with Crippen molar-refractivity contribution in [3.8, 4) is 11.8 Å². The number of aromatic nitrogens is 1. The van der Waals surface area contributed by atoms with Gasteiger partial charge in [-0.3, -0.25) is 4.31 Å². The zero-order chi connectivity index (χ0) is 32.8. The maximum atomic E-state index is 14.3. The molecule has 1 aliphatic rings. The fourth-order valence-corrected chi connectivity index (χ4v) is 6.46. The summed E-state index contributed by atoms with van der Waals surface area (Å²) in [5.41, 5.74) is -1.25. The lowest BCUT2D eigenvalue weighted by Gasteiger charge is -2.32. The standard InChI is InChI=1S/C31H24F6N4O3S/c1-29(2,19-38)24-9-6-10-25-27(24)41(45(42,43)23-14-12-22(13-15-23)44-31(35,36)37)18-21-11-16-26(30(32,33)34)39-28(21)40(25)17-20-7-4-3-5-8-20/h3-16H,17-18H2,1-2H3. The third kappa shape index (κ3) is 6.39. The van der Waals surface area contributed by atoms with E-state index >= 15 is 0 Å². The lowest BCUT2D eigenvalue weighted by atomic mass is 9.84. The summed E-state index contributed by atoms with van der Waals surface area (Å²) in [7, 11) is -4.62. The van der Waals surface area contributed by atoms with Crippen LogP contribution in [0.4, 0.5) is 43.5 Å². The number of nitrogens with zero attached hydrogens (tertiary/aromatic N) is 4. The number of hydrogen-bond acceptors (Lipinski definition) is 6. The molecule has 14 heteroatoms. The van der Waals surface area contributed by atoms with Crippen LogP contribution < -0.4 is 13.9 Å². The van der Waals surface area contributed by atoms with Crippen LogP contribution in [-0.4, -0.2) is 19.8 Å². The van der Waals surface area contributed by atoms with E-state index in [0.29, 0.717) is 5.56 Å². The predicted octanol–water partition coefficient (Wildman–Crippen LogP) is 7.85. The zero-order valence-electron chi connectivity index (χ0n) is 23.7. The van der Waals surface area contributed by atoms with Crippen molar-refractivity contribution in [1.82, 2.24) is 4.98 Å². The lowest BCUT2D eigenvalue weighted by molar-refractivity contribution is -0.274. The minimum absolute atomic E-state index is 0.0110. The van der Waals surface area contributed by atoms with Crippen molar-refractivity contribution in [3.63, 3.8) is 0 Å². The summed E-state index contributed by atoms with van der Waals surface area (Å²) in [5, 5.41) is 10.1. The van der Waals surface area contributed by atoms with Gasteiger partial charge in [-0.15, -0.1) is 13.2 Å². The molecule has 0 saturated heterocycles. The second-order valence-electron chi connectivity index (χ2n) is 10.7. The summed E-state index contributed by atoms with van der Waals surface area (Å²) in [6.45, 7) is 2.62. The Morgan fingerprint density at radius 2 is 1.56 bits per heavy atom. The smallest absolute Gasteiger partial charge is 0.406 e. The van der Waals surface area contributed by atoms with Gasteiger partial charge in [0.1, 0.15) is 17.3 Å². The van der Waals surface area contributed by atoms with Crippen LogP contribution in [-0.2, 0) is 34.7 Å². The fourth-order valence-electron chi connectivity index (χ4n) is 4.99. The molecule has 0 amide bonds. The van der Waals surface area contributed by atoms with Gasteiger partial charge in [0.25, 0.3) is 10.0 Å². The summed E-state index contributed by atoms with van der Waals surface area (Å²) in [6, 6.07) is 21.0. The van der Waals surface area contributed by atoms with Crippen molar-refractivity contribution < 1.29 is 39.5 Å². The first-order valence-electron chi connectivity index (χ1n) is 13.3. The Morgan fingerprint density at radius 1 is 0.889 bits per heavy atom. The summed E-state index contributed by atoms with van der Waals surface area (Å²) in [6.07, 6.45) is -9.81. The Kier molecular flexibility index (Phi) is 7.95. The number of rotatable bonds is 6. The SMILES string of the molecule is CC(C)(C#N)c1cccc2c1N(S(=O)(=O)c1ccc(OC(F)(F)F)cc1)Cc1ccc(C(F)(F)F)nc1N2Cc1ccccc1. The molecular weight excluding hydrogens is 622 g/mol. The van der Waals surface area contributed by atoms with E-state index in [1.165, 1.54) is 11.0 Å². The number of nitriles is 1. The summed E-state index contributed by atoms with van der Waals surface area (Å²) in [5.74, 6) is -0.791. The lowest BCUT2D eigenvalue weighted by Crippen LogP contribution is -2.33. The van der Waals surface area contributed by atoms with Gasteiger partial charge in [-0.05, 0) is 61.4 Å². The van der Waals surface area contributed by atoms with Crippen LogP contribution in [0.25, 0.3) is 0 Å². The molecule has 0 atom stereocenters. The van der Waals surface area contributed by atoms with E-state index in [-0.39, 0.29) is 34.9 Å². The van der Waals surface area contributed by atoms with Crippen LogP contribution in [0.1, 0.15) is 36.2 Å². The molecule has 2 heterocycles. The van der Waals surface area contributed by atoms with Gasteiger partial charge in [-0.25, -0.2) is 13.4 Å². The molecule has 0 bridgehead atoms. The molecule has 234 valence electrons. The summed E-state index contributed by atoms with van der Waals surface area (Å²) >= 11 is 0. The molecule has 0 aliphatic carbocycles. The van der Waals surface area contributed by atoms with E-state index in [9.17, 15) is 40.0 Å². The fraction of sp³-hybridized carbons (Fsp3) is 0.226. The Hall–Kier alpha value is -4.77. The van der Waals surface area contributed by atoms with Crippen LogP contribution in [0.5, 0.6) is 5.75 Å². The van der Waals surface area contributed by atoms with E-state index in [4.69, 9.17) is 0 Å². The number of para-hydroxylation sites is 1. The molecule has 0 fully saturated rings. The number of ether oxygens (including phenoxy) is 1. The third-order valence-corrected chi connectivity index (χ3v) is 8.91. The van der Waals surface area contributed by atoms with Crippen LogP contribution in [0.3, 0.4) is 0 Å². The van der Waals surface area contributed by atoms with Crippen molar-refractivity contribution in [1.29, 1.82) is 5.26 Å². The summed E-state index contributed by atoms with van der Waals surface area (Å²) < 4.78 is 113. The average molecular weight is 647 g/mol. The number of benzene rings is 3. The van der Waals surface area contributed by atoms with Gasteiger partial charge >= 0.3 is 12.5 Å². The number of alkyl halides is 6. The first-order chi connectivity index (χ1) is 21.0. The quantitative estimate of drug-likeness (QED) is 0.199. The Balaban J connectivity index is 1.79. The zero-order valence-corrected chi connectivity index (χ0v) is 24.5. The van der Waals surface area contributed by atoms with E-state index in [0.717, 1.165) is 40.7 Å². The molecule has 4 aromatic rings. The molecule has 0 radical (unpaired) electrons. The highest BCUT2D eigenvalue weighted by Gasteiger charge is 2.40. The van der Waals surface area contributed by atoms with E-state index in [1.807, 2.05) is 0 Å². The second kappa shape index (κ2) is 11.3. The molecule has 45 heavy (non-hydrogen) atoms. The molecule has 1 aromatic heterocycles. The topological polar surface area (TPSA) is 86.5 Å². The van der Waals surface area contributed by atoms with Crippen LogP contribution in [0.2, 0.25) is 0 Å². The molecule has 3 aromatic carbocycles. The van der Waals surface area contributed by atoms with Crippen molar-refractivity contribution in [2.24, 2.45) is 0 Å². The minimum Gasteiger partial charge on any atom is -0.406 e. The van der Waals surface area contributed by atoms with Crippen LogP contribution in [0.15, 0.2) is 89.8 Å². The van der Waals surface area contributed by atoms with Gasteiger partial charge in [0.2, 0.25) is 0 Å². The summed E-state index contributed by atoms with van der Waals surface area (Å²) in [4.78, 5) is 5.02. The first-order valence-corrected chi connectivity index (χ1v) is 14.8. The van der Waals surface area contributed by atoms with Gasteiger partial charge in [-0.2, -0.15) is 18.4 Å². The Bertz CT molecular complexity index is 1870. The van der Waals surface area contributed by atoms with Crippen molar-refractivity contribution >= 4 is 27.2 Å². The predicted molar refractivity (Wildman–Crippen MR) is 153 cm³/mol. The van der Waals surface area contributed by atoms with Crippen molar-refractivity contribution in [2.75, 3.05) is 9.21 Å². The molecule has 0 N–H and O–H groups in total. The maximum absolute atomic E-state index is 14.3. The van der Waals surface area contributed by atoms with E-state index in [1.54, 1.807) is 56.3 Å².